The van der Waals surface area contributed by atoms with Crippen molar-refractivity contribution in [1.29, 1.82) is 0 Å². The molecule has 1 aromatic rings. The lowest BCUT2D eigenvalue weighted by atomic mass is 10.3. The molecule has 0 radical (unpaired) electrons. The van der Waals surface area contributed by atoms with Crippen LogP contribution in [0.4, 0.5) is 5.69 Å². The van der Waals surface area contributed by atoms with E-state index in [1.54, 1.807) is 0 Å². The molecule has 1 rings (SSSR count). The first-order valence-corrected chi connectivity index (χ1v) is 4.82. The largest absolute Gasteiger partial charge is 0.439 e. The van der Waals surface area contributed by atoms with Gasteiger partial charge < -0.3 is 4.23 Å². The van der Waals surface area contributed by atoms with Crippen LogP contribution in [0.15, 0.2) is 30.3 Å². The number of nitrogens with zero attached hydrogens (tertiary/aromatic N) is 1. The van der Waals surface area contributed by atoms with Gasteiger partial charge in [-0.05, 0) is 12.1 Å². The molecule has 0 fully saturated rings. The summed E-state index contributed by atoms with van der Waals surface area (Å²) in [5.41, 5.74) is 1.37. The first-order chi connectivity index (χ1) is 4.30. The fourth-order valence-corrected chi connectivity index (χ4v) is 1.32. The van der Waals surface area contributed by atoms with E-state index < -0.39 is 0 Å². The van der Waals surface area contributed by atoms with Crippen molar-refractivity contribution >= 4 is 26.5 Å². The molecule has 48 valence electrons. The summed E-state index contributed by atoms with van der Waals surface area (Å²) in [6.45, 7) is 0. The molecule has 0 saturated carbocycles. The van der Waals surface area contributed by atoms with Gasteiger partial charge in [-0.3, -0.25) is 0 Å². The number of hydrogen-bond acceptors (Lipinski definition) is 1. The van der Waals surface area contributed by atoms with Crippen LogP contribution in [0.1, 0.15) is 0 Å². The van der Waals surface area contributed by atoms with Gasteiger partial charge in [0.25, 0.3) is 0 Å². The zero-order valence-corrected chi connectivity index (χ0v) is 9.83. The van der Waals surface area contributed by atoms with Gasteiger partial charge in [-0.2, -0.15) is 0 Å². The van der Waals surface area contributed by atoms with Gasteiger partial charge in [-0.1, -0.05) is 18.2 Å². The molecule has 0 atom stereocenters. The Morgan fingerprint density at radius 2 is 1.56 bits per heavy atom. The molecule has 0 N–H and O–H groups in total. The standard InChI is InChI=1S/C6H11NSi2/c8-7(9)6-4-2-1-3-5-6/h1-5H,8-9H3. The van der Waals surface area contributed by atoms with Crippen molar-refractivity contribution < 1.29 is 0 Å². The first-order valence-electron chi connectivity index (χ1n) is 3.03. The molecule has 3 heteroatoms. The summed E-state index contributed by atoms with van der Waals surface area (Å²) >= 11 is 0. The molecule has 0 aliphatic carbocycles. The van der Waals surface area contributed by atoms with Crippen molar-refractivity contribution in [3.63, 3.8) is 0 Å². The fraction of sp³-hybridized carbons (Fsp3) is 0. The summed E-state index contributed by atoms with van der Waals surface area (Å²) in [6, 6.07) is 10.5. The van der Waals surface area contributed by atoms with E-state index in [4.69, 9.17) is 0 Å². The van der Waals surface area contributed by atoms with Crippen LogP contribution in [-0.2, 0) is 0 Å². The minimum Gasteiger partial charge on any atom is -0.439 e. The summed E-state index contributed by atoms with van der Waals surface area (Å²) in [7, 11) is 2.30. The van der Waals surface area contributed by atoms with E-state index in [1.165, 1.54) is 5.69 Å². The van der Waals surface area contributed by atoms with E-state index in [0.29, 0.717) is 0 Å². The van der Waals surface area contributed by atoms with Gasteiger partial charge in [0.2, 0.25) is 0 Å². The van der Waals surface area contributed by atoms with Crippen molar-refractivity contribution in [2.24, 2.45) is 0 Å². The zero-order valence-electron chi connectivity index (χ0n) is 5.83. The molecular weight excluding hydrogens is 142 g/mol. The molecule has 1 nitrogen and oxygen atoms in total. The number of hydrogen-bond donors (Lipinski definition) is 0. The second kappa shape index (κ2) is 2.84. The molecule has 0 saturated heterocycles. The number of benzene rings is 1. The van der Waals surface area contributed by atoms with Crippen LogP contribution in [0.5, 0.6) is 0 Å². The molecule has 0 spiro atoms. The van der Waals surface area contributed by atoms with Gasteiger partial charge in [0.1, 0.15) is 0 Å². The van der Waals surface area contributed by atoms with Crippen LogP contribution in [0.2, 0.25) is 0 Å². The predicted molar refractivity (Wildman–Crippen MR) is 48.8 cm³/mol. The van der Waals surface area contributed by atoms with Crippen molar-refractivity contribution in [2.75, 3.05) is 4.23 Å². The number of anilines is 1. The van der Waals surface area contributed by atoms with Crippen molar-refractivity contribution in [1.82, 2.24) is 0 Å². The van der Waals surface area contributed by atoms with Crippen LogP contribution in [-0.4, -0.2) is 20.8 Å². The summed E-state index contributed by atoms with van der Waals surface area (Å²) in [6.07, 6.45) is 0. The average molecular weight is 153 g/mol. The Hall–Kier alpha value is -0.546. The van der Waals surface area contributed by atoms with E-state index in [2.05, 4.69) is 34.6 Å². The third-order valence-corrected chi connectivity index (χ3v) is 2.31. The highest BCUT2D eigenvalue weighted by Crippen LogP contribution is 2.06. The van der Waals surface area contributed by atoms with Crippen LogP contribution in [0.3, 0.4) is 0 Å². The van der Waals surface area contributed by atoms with E-state index in [9.17, 15) is 0 Å². The molecule has 0 unspecified atom stereocenters. The zero-order chi connectivity index (χ0) is 6.69. The van der Waals surface area contributed by atoms with Gasteiger partial charge in [0, 0.05) is 5.69 Å². The molecule has 0 amide bonds. The minimum atomic E-state index is 1.15. The normalized spacial score (nSPS) is 9.78. The molecule has 9 heavy (non-hydrogen) atoms. The lowest BCUT2D eigenvalue weighted by molar-refractivity contribution is 1.58. The highest BCUT2D eigenvalue weighted by molar-refractivity contribution is 6.41. The van der Waals surface area contributed by atoms with E-state index in [0.717, 1.165) is 20.8 Å². The predicted octanol–water partition coefficient (Wildman–Crippen LogP) is -0.946. The van der Waals surface area contributed by atoms with Gasteiger partial charge in [0.15, 0.2) is 0 Å². The first kappa shape index (κ1) is 6.57. The molecule has 0 heterocycles. The quantitative estimate of drug-likeness (QED) is 0.471. The van der Waals surface area contributed by atoms with Gasteiger partial charge in [-0.15, -0.1) is 0 Å². The molecule has 0 bridgehead atoms. The van der Waals surface area contributed by atoms with Crippen LogP contribution in [0.25, 0.3) is 0 Å². The molecule has 0 aliphatic rings. The fourth-order valence-electron chi connectivity index (χ4n) is 0.726. The van der Waals surface area contributed by atoms with E-state index >= 15 is 0 Å². The second-order valence-electron chi connectivity index (χ2n) is 2.23. The second-order valence-corrected chi connectivity index (χ2v) is 6.70. The molecular formula is C6H11NSi2. The van der Waals surface area contributed by atoms with Gasteiger partial charge >= 0.3 is 0 Å². The third kappa shape index (κ3) is 1.69. The maximum atomic E-state index is 2.36. The third-order valence-electron chi connectivity index (χ3n) is 1.27. The average Bonchev–Trinajstić information content (AvgIpc) is 1.90. The monoisotopic (exact) mass is 153 g/mol. The summed E-state index contributed by atoms with van der Waals surface area (Å²) in [5.74, 6) is 0. The van der Waals surface area contributed by atoms with Gasteiger partial charge in [-0.25, -0.2) is 0 Å². The highest BCUT2D eigenvalue weighted by Gasteiger charge is 1.86. The van der Waals surface area contributed by atoms with Crippen LogP contribution >= 0.6 is 0 Å². The minimum absolute atomic E-state index is 1.15. The maximum Gasteiger partial charge on any atom is 0.0965 e. The van der Waals surface area contributed by atoms with Crippen molar-refractivity contribution in [3.8, 4) is 0 Å². The number of para-hydroxylation sites is 1. The Morgan fingerprint density at radius 3 is 1.89 bits per heavy atom. The Labute approximate surface area is 61.7 Å². The summed E-state index contributed by atoms with van der Waals surface area (Å²) in [4.78, 5) is 0. The Morgan fingerprint density at radius 1 is 1.00 bits per heavy atom. The van der Waals surface area contributed by atoms with Crippen molar-refractivity contribution in [2.45, 2.75) is 0 Å². The molecule has 0 aliphatic heterocycles. The maximum absolute atomic E-state index is 2.36. The summed E-state index contributed by atoms with van der Waals surface area (Å²) in [5, 5.41) is 0. The van der Waals surface area contributed by atoms with Crippen LogP contribution < -0.4 is 4.23 Å². The lowest BCUT2D eigenvalue weighted by Gasteiger charge is -2.11. The van der Waals surface area contributed by atoms with E-state index in [-0.39, 0.29) is 0 Å². The SMILES string of the molecule is [SiH3]N([SiH3])c1ccccc1. The Bertz CT molecular complexity index is 174. The van der Waals surface area contributed by atoms with E-state index in [1.807, 2.05) is 0 Å². The molecule has 1 aromatic carbocycles. The smallest absolute Gasteiger partial charge is 0.0965 e. The number of rotatable bonds is 1. The Kier molecular flexibility index (Phi) is 2.07. The topological polar surface area (TPSA) is 3.24 Å². The molecule has 0 aromatic heterocycles. The lowest BCUT2D eigenvalue weighted by Crippen LogP contribution is -2.12. The highest BCUT2D eigenvalue weighted by atomic mass is 28.2. The van der Waals surface area contributed by atoms with Crippen LogP contribution in [0, 0.1) is 0 Å². The van der Waals surface area contributed by atoms with Gasteiger partial charge in [0.05, 0.1) is 20.8 Å². The Balaban J connectivity index is 2.85. The summed E-state index contributed by atoms with van der Waals surface area (Å²) < 4.78 is 2.36. The van der Waals surface area contributed by atoms with Crippen molar-refractivity contribution in [3.05, 3.63) is 30.3 Å².